The second-order valence-corrected chi connectivity index (χ2v) is 14.7. The molecule has 0 heterocycles. The van der Waals surface area contributed by atoms with Crippen molar-refractivity contribution in [3.05, 3.63) is 36.5 Å². The van der Waals surface area contributed by atoms with Gasteiger partial charge in [0.05, 0.1) is 13.2 Å². The number of hydrogen-bond donors (Lipinski definition) is 3. The number of rotatable bonds is 37. The first-order chi connectivity index (χ1) is 24.3. The molecule has 0 aromatic carbocycles. The van der Waals surface area contributed by atoms with E-state index in [1.165, 1.54) is 83.5 Å². The van der Waals surface area contributed by atoms with Gasteiger partial charge in [-0.15, -0.1) is 0 Å². The Hall–Kier alpha value is -1.77. The molecule has 0 rings (SSSR count). The summed E-state index contributed by atoms with van der Waals surface area (Å²) in [5, 5.41) is 12.6. The zero-order valence-electron chi connectivity index (χ0n) is 31.8. The van der Waals surface area contributed by atoms with Crippen molar-refractivity contribution in [1.29, 1.82) is 0 Å². The third-order valence-electron chi connectivity index (χ3n) is 8.27. The normalized spacial score (nSPS) is 13.8. The van der Waals surface area contributed by atoms with E-state index in [4.69, 9.17) is 13.8 Å². The number of carbonyl (C=O) groups is 2. The lowest BCUT2D eigenvalue weighted by Gasteiger charge is -2.15. The van der Waals surface area contributed by atoms with Crippen LogP contribution in [-0.2, 0) is 27.9 Å². The maximum absolute atomic E-state index is 12.0. The highest BCUT2D eigenvalue weighted by atomic mass is 31.2. The van der Waals surface area contributed by atoms with Gasteiger partial charge in [0, 0.05) is 19.4 Å². The smallest absolute Gasteiger partial charge is 0.463 e. The molecule has 3 N–H and O–H groups in total. The second-order valence-electron chi connectivity index (χ2n) is 13.2. The van der Waals surface area contributed by atoms with E-state index in [0.29, 0.717) is 6.42 Å². The van der Waals surface area contributed by atoms with Gasteiger partial charge in [0.2, 0.25) is 5.91 Å². The monoisotopic (exact) mass is 728 g/mol. The van der Waals surface area contributed by atoms with Gasteiger partial charge in [0.1, 0.15) is 12.7 Å². The molecule has 0 fully saturated rings. The molecule has 0 radical (unpaired) electrons. The predicted molar refractivity (Wildman–Crippen MR) is 206 cm³/mol. The second kappa shape index (κ2) is 37.0. The van der Waals surface area contributed by atoms with Crippen molar-refractivity contribution in [2.45, 2.75) is 180 Å². The summed E-state index contributed by atoms with van der Waals surface area (Å²) >= 11 is 0. The molecule has 0 aromatic heterocycles. The first-order valence-corrected chi connectivity index (χ1v) is 21.5. The molecular weight excluding hydrogens is 653 g/mol. The van der Waals surface area contributed by atoms with Crippen LogP contribution in [0.2, 0.25) is 0 Å². The lowest BCUT2D eigenvalue weighted by atomic mass is 10.1. The van der Waals surface area contributed by atoms with Gasteiger partial charge in [-0.1, -0.05) is 134 Å². The molecule has 0 aliphatic carbocycles. The van der Waals surface area contributed by atoms with Crippen LogP contribution >= 0.6 is 7.82 Å². The Balaban J connectivity index is 3.61. The van der Waals surface area contributed by atoms with E-state index in [1.54, 1.807) is 0 Å². The zero-order chi connectivity index (χ0) is 36.8. The number of hydrogen-bond acceptors (Lipinski definition) is 7. The SMILES string of the molecule is CCC/C=C\CCCCCCCC(=O)NCCOP(=O)(O)OCC(O)COC(=O)CCCCCCCCCCC/C=C\C/C=C\CCCCC. The summed E-state index contributed by atoms with van der Waals surface area (Å²) in [7, 11) is -4.41. The number of phosphoric acid groups is 1. The molecule has 0 aromatic rings. The fourth-order valence-corrected chi connectivity index (χ4v) is 5.99. The van der Waals surface area contributed by atoms with E-state index in [2.05, 4.69) is 55.6 Å². The summed E-state index contributed by atoms with van der Waals surface area (Å²) in [6.07, 6.45) is 39.3. The predicted octanol–water partition coefficient (Wildman–Crippen LogP) is 10.6. The van der Waals surface area contributed by atoms with Crippen LogP contribution in [0.4, 0.5) is 0 Å². The van der Waals surface area contributed by atoms with E-state index in [9.17, 15) is 24.2 Å². The average molecular weight is 728 g/mol. The Morgan fingerprint density at radius 3 is 1.70 bits per heavy atom. The fraction of sp³-hybridized carbons (Fsp3) is 0.800. The maximum Gasteiger partial charge on any atom is 0.472 e. The molecule has 0 bridgehead atoms. The molecule has 2 atom stereocenters. The lowest BCUT2D eigenvalue weighted by Crippen LogP contribution is -2.27. The minimum absolute atomic E-state index is 0.0763. The summed E-state index contributed by atoms with van der Waals surface area (Å²) in [4.78, 5) is 33.7. The number of nitrogens with one attached hydrogen (secondary N) is 1. The van der Waals surface area contributed by atoms with E-state index in [0.717, 1.165) is 64.2 Å². The third-order valence-corrected chi connectivity index (χ3v) is 9.26. The van der Waals surface area contributed by atoms with Gasteiger partial charge in [0.25, 0.3) is 0 Å². The van der Waals surface area contributed by atoms with Crippen LogP contribution in [-0.4, -0.2) is 54.3 Å². The Labute approximate surface area is 305 Å². The van der Waals surface area contributed by atoms with Crippen LogP contribution in [0.3, 0.4) is 0 Å². The number of aliphatic hydroxyl groups excluding tert-OH is 1. The molecule has 0 saturated carbocycles. The summed E-state index contributed by atoms with van der Waals surface area (Å²) in [5.41, 5.74) is 0. The molecule has 10 heteroatoms. The van der Waals surface area contributed by atoms with Crippen LogP contribution < -0.4 is 5.32 Å². The highest BCUT2D eigenvalue weighted by Crippen LogP contribution is 2.42. The molecule has 0 spiro atoms. The van der Waals surface area contributed by atoms with Crippen molar-refractivity contribution in [3.8, 4) is 0 Å². The Morgan fingerprint density at radius 1 is 0.620 bits per heavy atom. The quantitative estimate of drug-likeness (QED) is 0.0249. The zero-order valence-corrected chi connectivity index (χ0v) is 32.7. The van der Waals surface area contributed by atoms with Gasteiger partial charge in [-0.3, -0.25) is 18.6 Å². The number of unbranched alkanes of at least 4 members (excludes halogenated alkanes) is 18. The summed E-state index contributed by atoms with van der Waals surface area (Å²) in [5.74, 6) is -0.533. The van der Waals surface area contributed by atoms with Gasteiger partial charge in [-0.2, -0.15) is 0 Å². The minimum atomic E-state index is -4.41. The molecule has 9 nitrogen and oxygen atoms in total. The fourth-order valence-electron chi connectivity index (χ4n) is 5.24. The molecule has 0 saturated heterocycles. The first kappa shape index (κ1) is 48.2. The summed E-state index contributed by atoms with van der Waals surface area (Å²) in [6, 6.07) is 0. The minimum Gasteiger partial charge on any atom is -0.463 e. The van der Waals surface area contributed by atoms with Crippen molar-refractivity contribution >= 4 is 19.7 Å². The van der Waals surface area contributed by atoms with Gasteiger partial charge in [-0.25, -0.2) is 4.57 Å². The van der Waals surface area contributed by atoms with E-state index >= 15 is 0 Å². The number of carbonyl (C=O) groups excluding carboxylic acids is 2. The van der Waals surface area contributed by atoms with Crippen molar-refractivity contribution < 1.29 is 37.9 Å². The first-order valence-electron chi connectivity index (χ1n) is 20.0. The van der Waals surface area contributed by atoms with E-state index < -0.39 is 26.5 Å². The van der Waals surface area contributed by atoms with Crippen LogP contribution in [0.1, 0.15) is 174 Å². The number of ether oxygens (including phenoxy) is 1. The number of allylic oxidation sites excluding steroid dienone is 6. The average Bonchev–Trinajstić information content (AvgIpc) is 3.10. The van der Waals surface area contributed by atoms with Crippen molar-refractivity contribution in [2.75, 3.05) is 26.4 Å². The highest BCUT2D eigenvalue weighted by Gasteiger charge is 2.23. The van der Waals surface area contributed by atoms with Crippen molar-refractivity contribution in [1.82, 2.24) is 5.32 Å². The van der Waals surface area contributed by atoms with Gasteiger partial charge in [-0.05, 0) is 64.2 Å². The van der Waals surface area contributed by atoms with E-state index in [1.807, 2.05) is 0 Å². The van der Waals surface area contributed by atoms with Crippen LogP contribution in [0.25, 0.3) is 0 Å². The number of phosphoric ester groups is 1. The van der Waals surface area contributed by atoms with Crippen molar-refractivity contribution in [3.63, 3.8) is 0 Å². The Kier molecular flexibility index (Phi) is 35.7. The van der Waals surface area contributed by atoms with Gasteiger partial charge >= 0.3 is 13.8 Å². The van der Waals surface area contributed by atoms with Crippen LogP contribution in [0.15, 0.2) is 36.5 Å². The van der Waals surface area contributed by atoms with Crippen molar-refractivity contribution in [2.24, 2.45) is 0 Å². The maximum atomic E-state index is 12.0. The molecule has 1 amide bonds. The Morgan fingerprint density at radius 2 is 1.12 bits per heavy atom. The van der Waals surface area contributed by atoms with Crippen LogP contribution in [0, 0.1) is 0 Å². The lowest BCUT2D eigenvalue weighted by molar-refractivity contribution is -0.147. The number of esters is 1. The third kappa shape index (κ3) is 37.5. The standard InChI is InChI=1S/C40H74NO8P/c1-3-5-7-9-11-13-15-16-17-18-19-20-21-22-23-25-27-29-31-33-40(44)47-36-38(42)37-49-50(45,46)48-35-34-41-39(43)32-30-28-26-24-14-12-10-8-6-4-2/h8,10-11,13,16-17,38,42H,3-7,9,12,14-15,18-37H2,1-2H3,(H,41,43)(H,45,46)/b10-8-,13-11-,17-16-. The number of aliphatic hydroxyl groups is 1. The Bertz CT molecular complexity index is 923. The molecule has 2 unspecified atom stereocenters. The number of amides is 1. The summed E-state index contributed by atoms with van der Waals surface area (Å²) in [6.45, 7) is 3.44. The topological polar surface area (TPSA) is 131 Å². The molecule has 292 valence electrons. The van der Waals surface area contributed by atoms with E-state index in [-0.39, 0.29) is 32.1 Å². The summed E-state index contributed by atoms with van der Waals surface area (Å²) < 4.78 is 26.8. The molecule has 0 aliphatic rings. The molecular formula is C40H74NO8P. The highest BCUT2D eigenvalue weighted by molar-refractivity contribution is 7.47. The van der Waals surface area contributed by atoms with Gasteiger partial charge < -0.3 is 20.1 Å². The largest absolute Gasteiger partial charge is 0.472 e. The molecule has 0 aliphatic heterocycles. The van der Waals surface area contributed by atoms with Gasteiger partial charge in [0.15, 0.2) is 0 Å². The van der Waals surface area contributed by atoms with Crippen LogP contribution in [0.5, 0.6) is 0 Å². The molecule has 50 heavy (non-hydrogen) atoms.